The van der Waals surface area contributed by atoms with Crippen LogP contribution in [0, 0.1) is 34.0 Å². The molecule has 152 valence electrons. The van der Waals surface area contributed by atoms with E-state index in [9.17, 15) is 14.7 Å². The zero-order valence-electron chi connectivity index (χ0n) is 16.6. The number of carbonyl (C=O) groups excluding carboxylic acids is 2. The van der Waals surface area contributed by atoms with Crippen LogP contribution in [0.2, 0.25) is 0 Å². The predicted octanol–water partition coefficient (Wildman–Crippen LogP) is 1.99. The minimum Gasteiger partial charge on any atom is -0.462 e. The van der Waals surface area contributed by atoms with Gasteiger partial charge >= 0.3 is 5.97 Å². The molecule has 8 rings (SSSR count). The number of hydrogen-bond acceptors (Lipinski definition) is 6. The molecule has 10 atom stereocenters. The van der Waals surface area contributed by atoms with E-state index in [-0.39, 0.29) is 41.0 Å². The molecule has 0 aromatic carbocycles. The molecule has 0 aromatic heterocycles. The van der Waals surface area contributed by atoms with E-state index in [0.717, 1.165) is 19.3 Å². The van der Waals surface area contributed by atoms with Gasteiger partial charge in [-0.15, -0.1) is 0 Å². The standard InChI is InChI=1S/C22H28O6/c1-9-11-5-6-12-21-13(26-10(2)23)7-8-20(3,4)15(21)14(24)18-22(12,16(9)25)17(11)27-19(21)28-18/h11-15,17-19,24H,1,5-8H2,2-4H3/t11-,12-,13-,14-,15+,17-,18?,19?,21-,22-/m0/s1. The number of aliphatic hydroxyl groups is 1. The molecule has 28 heavy (non-hydrogen) atoms. The fourth-order valence-electron chi connectivity index (χ4n) is 8.71. The molecule has 1 N–H and O–H groups in total. The summed E-state index contributed by atoms with van der Waals surface area (Å²) in [6.45, 7) is 9.89. The molecule has 2 spiro atoms. The Morgan fingerprint density at radius 1 is 1.21 bits per heavy atom. The largest absolute Gasteiger partial charge is 0.462 e. The smallest absolute Gasteiger partial charge is 0.302 e. The van der Waals surface area contributed by atoms with E-state index in [0.29, 0.717) is 12.0 Å². The summed E-state index contributed by atoms with van der Waals surface area (Å²) < 4.78 is 18.7. The molecular formula is C22H28O6. The fourth-order valence-corrected chi connectivity index (χ4v) is 8.71. The molecule has 7 bridgehead atoms. The number of hydrogen-bond donors (Lipinski definition) is 1. The highest BCUT2D eigenvalue weighted by molar-refractivity contribution is 6.05. The zero-order valence-corrected chi connectivity index (χ0v) is 16.6. The Hall–Kier alpha value is -1.24. The van der Waals surface area contributed by atoms with Gasteiger partial charge in [-0.1, -0.05) is 20.4 Å². The van der Waals surface area contributed by atoms with Crippen LogP contribution in [0.1, 0.15) is 46.5 Å². The molecule has 4 aliphatic heterocycles. The van der Waals surface area contributed by atoms with Crippen molar-refractivity contribution in [2.75, 3.05) is 0 Å². The summed E-state index contributed by atoms with van der Waals surface area (Å²) >= 11 is 0. The van der Waals surface area contributed by atoms with Crippen molar-refractivity contribution in [1.82, 2.24) is 0 Å². The van der Waals surface area contributed by atoms with Gasteiger partial charge in [-0.2, -0.15) is 0 Å². The molecule has 8 fully saturated rings. The van der Waals surface area contributed by atoms with Crippen LogP contribution in [0.25, 0.3) is 0 Å². The van der Waals surface area contributed by atoms with Crippen LogP contribution < -0.4 is 0 Å². The molecule has 4 saturated carbocycles. The molecule has 0 amide bonds. The van der Waals surface area contributed by atoms with Crippen LogP contribution in [0.5, 0.6) is 0 Å². The summed E-state index contributed by atoms with van der Waals surface area (Å²) in [5.41, 5.74) is -1.10. The molecule has 4 aliphatic carbocycles. The van der Waals surface area contributed by atoms with Crippen molar-refractivity contribution < 1.29 is 28.9 Å². The first-order valence-electron chi connectivity index (χ1n) is 10.6. The van der Waals surface area contributed by atoms with Crippen LogP contribution in [0.15, 0.2) is 12.2 Å². The normalized spacial score (nSPS) is 57.3. The molecule has 0 aromatic rings. The van der Waals surface area contributed by atoms with E-state index in [2.05, 4.69) is 20.4 Å². The minimum atomic E-state index is -0.878. The maximum Gasteiger partial charge on any atom is 0.302 e. The molecule has 0 radical (unpaired) electrons. The van der Waals surface area contributed by atoms with Crippen molar-refractivity contribution in [2.45, 2.75) is 77.2 Å². The quantitative estimate of drug-likeness (QED) is 0.547. The second-order valence-corrected chi connectivity index (χ2v) is 10.6. The monoisotopic (exact) mass is 388 g/mol. The lowest BCUT2D eigenvalue weighted by atomic mass is 9.35. The average molecular weight is 388 g/mol. The number of ketones is 1. The maximum atomic E-state index is 13.6. The predicted molar refractivity (Wildman–Crippen MR) is 96.8 cm³/mol. The summed E-state index contributed by atoms with van der Waals surface area (Å²) in [7, 11) is 0. The number of ether oxygens (including phenoxy) is 3. The molecule has 8 aliphatic rings. The number of Topliss-reactive ketones (excluding diaryl/α,β-unsaturated/α-hetero) is 1. The Morgan fingerprint density at radius 3 is 2.64 bits per heavy atom. The molecule has 6 nitrogen and oxygen atoms in total. The maximum absolute atomic E-state index is 13.6. The summed E-state index contributed by atoms with van der Waals surface area (Å²) in [6.07, 6.45) is 0.706. The van der Waals surface area contributed by atoms with Crippen molar-refractivity contribution in [3.63, 3.8) is 0 Å². The number of esters is 1. The van der Waals surface area contributed by atoms with E-state index in [1.165, 1.54) is 6.92 Å². The summed E-state index contributed by atoms with van der Waals surface area (Å²) in [5.74, 6) is -0.460. The Bertz CT molecular complexity index is 818. The third kappa shape index (κ3) is 1.52. The summed E-state index contributed by atoms with van der Waals surface area (Å²) in [6, 6.07) is 0. The highest BCUT2D eigenvalue weighted by atomic mass is 16.7. The van der Waals surface area contributed by atoms with E-state index in [4.69, 9.17) is 14.2 Å². The van der Waals surface area contributed by atoms with Gasteiger partial charge in [-0.05, 0) is 42.6 Å². The lowest BCUT2D eigenvalue weighted by Gasteiger charge is -2.77. The van der Waals surface area contributed by atoms with E-state index in [1.807, 2.05) is 0 Å². The Labute approximate surface area is 164 Å². The van der Waals surface area contributed by atoms with Gasteiger partial charge in [0.25, 0.3) is 0 Å². The topological polar surface area (TPSA) is 82.1 Å². The third-order valence-corrected chi connectivity index (χ3v) is 9.28. The van der Waals surface area contributed by atoms with Gasteiger partial charge in [0.15, 0.2) is 12.1 Å². The summed E-state index contributed by atoms with van der Waals surface area (Å²) in [5, 5.41) is 11.6. The summed E-state index contributed by atoms with van der Waals surface area (Å²) in [4.78, 5) is 25.6. The van der Waals surface area contributed by atoms with Gasteiger partial charge in [-0.25, -0.2) is 0 Å². The Morgan fingerprint density at radius 2 is 1.93 bits per heavy atom. The van der Waals surface area contributed by atoms with Crippen LogP contribution in [-0.4, -0.2) is 47.6 Å². The van der Waals surface area contributed by atoms with Gasteiger partial charge in [-0.3, -0.25) is 9.59 Å². The zero-order chi connectivity index (χ0) is 19.8. The minimum absolute atomic E-state index is 0.00924. The van der Waals surface area contributed by atoms with Gasteiger partial charge in [0.2, 0.25) is 0 Å². The Balaban J connectivity index is 1.62. The SMILES string of the molecule is C=C1C(=O)[C@]23C4OC5O[C@H]2[C@H]1CC[C@H]3[C@@]51[C@@H](OC(C)=O)CCC(C)(C)[C@H]1[C@@H]4O. The van der Waals surface area contributed by atoms with E-state index < -0.39 is 35.4 Å². The van der Waals surface area contributed by atoms with E-state index in [1.54, 1.807) is 0 Å². The van der Waals surface area contributed by atoms with Crippen molar-refractivity contribution in [1.29, 1.82) is 0 Å². The van der Waals surface area contributed by atoms with Crippen molar-refractivity contribution in [3.8, 4) is 0 Å². The van der Waals surface area contributed by atoms with Crippen LogP contribution >= 0.6 is 0 Å². The van der Waals surface area contributed by atoms with Gasteiger partial charge in [0, 0.05) is 18.8 Å². The molecule has 4 heterocycles. The first-order valence-corrected chi connectivity index (χ1v) is 10.6. The van der Waals surface area contributed by atoms with Crippen molar-refractivity contribution >= 4 is 11.8 Å². The van der Waals surface area contributed by atoms with Crippen molar-refractivity contribution in [2.24, 2.45) is 34.0 Å². The van der Waals surface area contributed by atoms with Gasteiger partial charge in [0.05, 0.1) is 23.0 Å². The molecule has 4 saturated heterocycles. The highest BCUT2D eigenvalue weighted by Crippen LogP contribution is 2.79. The first-order chi connectivity index (χ1) is 13.2. The number of rotatable bonds is 1. The average Bonchev–Trinajstić information content (AvgIpc) is 2.75. The van der Waals surface area contributed by atoms with Gasteiger partial charge < -0.3 is 19.3 Å². The number of aliphatic hydroxyl groups excluding tert-OH is 1. The second kappa shape index (κ2) is 4.90. The second-order valence-electron chi connectivity index (χ2n) is 10.6. The van der Waals surface area contributed by atoms with Gasteiger partial charge in [0.1, 0.15) is 12.2 Å². The van der Waals surface area contributed by atoms with Crippen molar-refractivity contribution in [3.05, 3.63) is 12.2 Å². The molecular weight excluding hydrogens is 360 g/mol. The van der Waals surface area contributed by atoms with E-state index >= 15 is 0 Å². The lowest BCUT2D eigenvalue weighted by Crippen LogP contribution is -2.87. The molecule has 6 heteroatoms. The fraction of sp³-hybridized carbons (Fsp3) is 0.818. The first kappa shape index (κ1) is 17.6. The van der Waals surface area contributed by atoms with Crippen LogP contribution in [0.3, 0.4) is 0 Å². The third-order valence-electron chi connectivity index (χ3n) is 9.28. The van der Waals surface area contributed by atoms with Crippen LogP contribution in [0.4, 0.5) is 0 Å². The lowest BCUT2D eigenvalue weighted by molar-refractivity contribution is -0.485. The van der Waals surface area contributed by atoms with Crippen LogP contribution in [-0.2, 0) is 23.8 Å². The molecule has 2 unspecified atom stereocenters. The highest BCUT2D eigenvalue weighted by Gasteiger charge is 2.88. The Kier molecular flexibility index (Phi) is 3.08. The number of carbonyl (C=O) groups is 2.